The Balaban J connectivity index is 1.32. The molecule has 2 aromatic carbocycles. The maximum absolute atomic E-state index is 12.9. The lowest BCUT2D eigenvalue weighted by Gasteiger charge is -2.29. The summed E-state index contributed by atoms with van der Waals surface area (Å²) in [4.78, 5) is 33.6. The summed E-state index contributed by atoms with van der Waals surface area (Å²) in [6, 6.07) is 15.2. The quantitative estimate of drug-likeness (QED) is 0.603. The number of para-hydroxylation sites is 2. The minimum absolute atomic E-state index is 0.149. The second-order valence-corrected chi connectivity index (χ2v) is 8.54. The Hall–Kier alpha value is -2.80. The van der Waals surface area contributed by atoms with Gasteiger partial charge in [-0.3, -0.25) is 9.59 Å². The van der Waals surface area contributed by atoms with Gasteiger partial charge in [0.2, 0.25) is 11.8 Å². The van der Waals surface area contributed by atoms with Crippen LogP contribution in [0, 0.1) is 0 Å². The third kappa shape index (κ3) is 3.51. The minimum atomic E-state index is -0.516. The van der Waals surface area contributed by atoms with E-state index in [0.717, 1.165) is 24.3 Å². The topological polar surface area (TPSA) is 66.7 Å². The summed E-state index contributed by atoms with van der Waals surface area (Å²) in [5, 5.41) is -0.100. The van der Waals surface area contributed by atoms with E-state index in [1.165, 1.54) is 35.9 Å². The van der Waals surface area contributed by atoms with Crippen LogP contribution in [-0.4, -0.2) is 35.1 Å². The van der Waals surface area contributed by atoms with Gasteiger partial charge in [0.15, 0.2) is 5.58 Å². The van der Waals surface area contributed by atoms with E-state index < -0.39 is 5.25 Å². The number of hydrogen-bond donors (Lipinski definition) is 0. The fraction of sp³-hybridized carbons (Fsp3) is 0.318. The van der Waals surface area contributed by atoms with Crippen molar-refractivity contribution >= 4 is 46.1 Å². The fourth-order valence-corrected chi connectivity index (χ4v) is 4.92. The number of oxazole rings is 1. The summed E-state index contributed by atoms with van der Waals surface area (Å²) < 4.78 is 5.70. The molecule has 2 saturated heterocycles. The number of imide groups is 1. The lowest BCUT2D eigenvalue weighted by Crippen LogP contribution is -2.31. The summed E-state index contributed by atoms with van der Waals surface area (Å²) in [6.07, 6.45) is 3.85. The molecule has 0 N–H and O–H groups in total. The number of rotatable bonds is 4. The van der Waals surface area contributed by atoms with Crippen LogP contribution in [0.4, 0.5) is 11.4 Å². The maximum Gasteiger partial charge on any atom is 0.257 e. The molecule has 0 aliphatic carbocycles. The number of fused-ring (bicyclic) bond motifs is 1. The summed E-state index contributed by atoms with van der Waals surface area (Å²) in [6.45, 7) is 2.12. The molecule has 0 saturated carbocycles. The van der Waals surface area contributed by atoms with Crippen LogP contribution >= 0.6 is 11.8 Å². The molecule has 0 spiro atoms. The summed E-state index contributed by atoms with van der Waals surface area (Å²) in [5.74, 6) is -0.401. The van der Waals surface area contributed by atoms with Gasteiger partial charge in [-0.2, -0.15) is 0 Å². The van der Waals surface area contributed by atoms with E-state index in [2.05, 4.69) is 9.88 Å². The molecule has 6 nitrogen and oxygen atoms in total. The highest BCUT2D eigenvalue weighted by molar-refractivity contribution is 8.00. The van der Waals surface area contributed by atoms with Crippen LogP contribution in [0.2, 0.25) is 0 Å². The number of hydrogen-bond acceptors (Lipinski definition) is 6. The lowest BCUT2D eigenvalue weighted by atomic mass is 10.1. The first-order chi connectivity index (χ1) is 14.2. The van der Waals surface area contributed by atoms with E-state index in [0.29, 0.717) is 16.5 Å². The average Bonchev–Trinajstić information content (AvgIpc) is 3.28. The van der Waals surface area contributed by atoms with Crippen molar-refractivity contribution in [3.05, 3.63) is 48.5 Å². The molecule has 0 bridgehead atoms. The van der Waals surface area contributed by atoms with Crippen molar-refractivity contribution in [2.45, 2.75) is 36.2 Å². The SMILES string of the molecule is O=C1CC(Sc2nc3ccccc3o2)C(=O)N1c1ccc(N2CCCCC2)cc1. The fourth-order valence-electron chi connectivity index (χ4n) is 3.96. The van der Waals surface area contributed by atoms with E-state index in [1.807, 2.05) is 48.5 Å². The van der Waals surface area contributed by atoms with Crippen LogP contribution in [0.15, 0.2) is 58.2 Å². The average molecular weight is 407 g/mol. The Bertz CT molecular complexity index is 1020. The molecule has 29 heavy (non-hydrogen) atoms. The second kappa shape index (κ2) is 7.55. The molecular weight excluding hydrogens is 386 g/mol. The normalized spacial score (nSPS) is 20.1. The van der Waals surface area contributed by atoms with Crippen molar-refractivity contribution in [1.29, 1.82) is 0 Å². The Labute approximate surface area is 172 Å². The number of aromatic nitrogens is 1. The molecule has 0 radical (unpaired) electrons. The van der Waals surface area contributed by atoms with E-state index in [9.17, 15) is 9.59 Å². The molecule has 2 amide bonds. The van der Waals surface area contributed by atoms with Gasteiger partial charge in [-0.05, 0) is 55.7 Å². The molecule has 2 aliphatic heterocycles. The van der Waals surface area contributed by atoms with Crippen molar-refractivity contribution in [1.82, 2.24) is 4.98 Å². The number of carbonyl (C=O) groups excluding carboxylic acids is 2. The molecule has 1 aromatic heterocycles. The number of amides is 2. The number of anilines is 2. The summed E-state index contributed by atoms with van der Waals surface area (Å²) in [7, 11) is 0. The predicted octanol–water partition coefficient (Wildman–Crippen LogP) is 4.24. The van der Waals surface area contributed by atoms with Gasteiger partial charge in [-0.15, -0.1) is 0 Å². The highest BCUT2D eigenvalue weighted by Gasteiger charge is 2.41. The van der Waals surface area contributed by atoms with Crippen LogP contribution in [0.1, 0.15) is 25.7 Å². The lowest BCUT2D eigenvalue weighted by molar-refractivity contribution is -0.121. The minimum Gasteiger partial charge on any atom is -0.431 e. The van der Waals surface area contributed by atoms with Crippen LogP contribution in [0.25, 0.3) is 11.1 Å². The van der Waals surface area contributed by atoms with Crippen LogP contribution in [-0.2, 0) is 9.59 Å². The van der Waals surface area contributed by atoms with E-state index in [4.69, 9.17) is 4.42 Å². The standard InChI is InChI=1S/C22H21N3O3S/c26-20-14-19(29-22-23-17-6-2-3-7-18(17)28-22)21(27)25(20)16-10-8-15(9-11-16)24-12-4-1-5-13-24/h2-3,6-11,19H,1,4-5,12-14H2. The van der Waals surface area contributed by atoms with Crippen LogP contribution < -0.4 is 9.80 Å². The molecular formula is C22H21N3O3S. The molecule has 5 rings (SSSR count). The van der Waals surface area contributed by atoms with Crippen molar-refractivity contribution in [3.63, 3.8) is 0 Å². The number of carbonyl (C=O) groups is 2. The monoisotopic (exact) mass is 407 g/mol. The van der Waals surface area contributed by atoms with Crippen molar-refractivity contribution in [2.75, 3.05) is 22.9 Å². The van der Waals surface area contributed by atoms with Gasteiger partial charge >= 0.3 is 0 Å². The van der Waals surface area contributed by atoms with E-state index in [-0.39, 0.29) is 18.2 Å². The largest absolute Gasteiger partial charge is 0.431 e. The zero-order chi connectivity index (χ0) is 19.8. The van der Waals surface area contributed by atoms with Gasteiger partial charge in [0, 0.05) is 25.2 Å². The first-order valence-corrected chi connectivity index (χ1v) is 10.8. The maximum atomic E-state index is 12.9. The van der Waals surface area contributed by atoms with Crippen molar-refractivity contribution in [3.8, 4) is 0 Å². The third-order valence-electron chi connectivity index (χ3n) is 5.45. The molecule has 2 aliphatic rings. The van der Waals surface area contributed by atoms with Crippen molar-refractivity contribution < 1.29 is 14.0 Å². The molecule has 2 fully saturated rings. The zero-order valence-electron chi connectivity index (χ0n) is 15.9. The van der Waals surface area contributed by atoms with Gasteiger partial charge < -0.3 is 9.32 Å². The molecule has 1 atom stereocenters. The van der Waals surface area contributed by atoms with Crippen molar-refractivity contribution in [2.24, 2.45) is 0 Å². The van der Waals surface area contributed by atoms with E-state index in [1.54, 1.807) is 0 Å². The molecule has 7 heteroatoms. The van der Waals surface area contributed by atoms with Crippen LogP contribution in [0.3, 0.4) is 0 Å². The van der Waals surface area contributed by atoms with Gasteiger partial charge in [-0.25, -0.2) is 9.88 Å². The van der Waals surface area contributed by atoms with E-state index >= 15 is 0 Å². The van der Waals surface area contributed by atoms with Crippen LogP contribution in [0.5, 0.6) is 0 Å². The number of piperidine rings is 1. The number of benzene rings is 2. The Morgan fingerprint density at radius 2 is 1.66 bits per heavy atom. The Kier molecular flexibility index (Phi) is 4.75. The second-order valence-electron chi connectivity index (χ2n) is 7.39. The first kappa shape index (κ1) is 18.2. The molecule has 3 aromatic rings. The highest BCUT2D eigenvalue weighted by atomic mass is 32.2. The zero-order valence-corrected chi connectivity index (χ0v) is 16.7. The Morgan fingerprint density at radius 3 is 2.41 bits per heavy atom. The summed E-state index contributed by atoms with van der Waals surface area (Å²) >= 11 is 1.22. The van der Waals surface area contributed by atoms with Gasteiger partial charge in [-0.1, -0.05) is 23.9 Å². The smallest absolute Gasteiger partial charge is 0.257 e. The highest BCUT2D eigenvalue weighted by Crippen LogP contribution is 2.35. The number of nitrogens with zero attached hydrogens (tertiary/aromatic N) is 3. The summed E-state index contributed by atoms with van der Waals surface area (Å²) in [5.41, 5.74) is 3.19. The van der Waals surface area contributed by atoms with Gasteiger partial charge in [0.1, 0.15) is 10.8 Å². The van der Waals surface area contributed by atoms with Gasteiger partial charge in [0.05, 0.1) is 5.69 Å². The number of thioether (sulfide) groups is 1. The third-order valence-corrected chi connectivity index (χ3v) is 6.48. The predicted molar refractivity (Wildman–Crippen MR) is 113 cm³/mol. The molecule has 1 unspecified atom stereocenters. The molecule has 148 valence electrons. The van der Waals surface area contributed by atoms with Gasteiger partial charge in [0.25, 0.3) is 5.22 Å². The first-order valence-electron chi connectivity index (χ1n) is 9.93. The Morgan fingerprint density at radius 1 is 0.931 bits per heavy atom. The molecule has 3 heterocycles.